The molecular weight excluding hydrogens is 455 g/mol. The van der Waals surface area contributed by atoms with Crippen LogP contribution in [0.2, 0.25) is 5.02 Å². The molecule has 2 aromatic heterocycles. The summed E-state index contributed by atoms with van der Waals surface area (Å²) in [5.41, 5.74) is 0.632. The molecule has 1 amide bonds. The van der Waals surface area contributed by atoms with Crippen LogP contribution >= 0.6 is 11.6 Å². The van der Waals surface area contributed by atoms with Crippen molar-refractivity contribution in [2.45, 2.75) is 13.1 Å². The number of carbonyl (C=O) groups is 1. The summed E-state index contributed by atoms with van der Waals surface area (Å²) in [6, 6.07) is 9.02. The lowest BCUT2D eigenvalue weighted by molar-refractivity contribution is -0.116. The first-order valence-electron chi connectivity index (χ1n) is 9.64. The molecule has 2 aromatic carbocycles. The van der Waals surface area contributed by atoms with E-state index in [-0.39, 0.29) is 35.1 Å². The molecule has 170 valence electrons. The van der Waals surface area contributed by atoms with Crippen molar-refractivity contribution in [2.24, 2.45) is 0 Å². The first-order valence-corrected chi connectivity index (χ1v) is 10.0. The fourth-order valence-electron chi connectivity index (χ4n) is 3.22. The SMILES string of the molecule is COc1cc(OC)c(NC(=O)Cn2cnc3c(nnn3Cc3cccc(F)c3)c2=O)cc1Cl. The largest absolute Gasteiger partial charge is 0.495 e. The molecule has 10 nitrogen and oxygen atoms in total. The van der Waals surface area contributed by atoms with Crippen LogP contribution in [0.4, 0.5) is 10.1 Å². The molecule has 4 aromatic rings. The number of nitrogens with zero attached hydrogens (tertiary/aromatic N) is 5. The van der Waals surface area contributed by atoms with Crippen LogP contribution in [0.3, 0.4) is 0 Å². The molecule has 0 aliphatic heterocycles. The molecule has 33 heavy (non-hydrogen) atoms. The maximum absolute atomic E-state index is 13.4. The molecule has 0 bridgehead atoms. The number of aromatic nitrogens is 5. The Morgan fingerprint density at radius 2 is 1.97 bits per heavy atom. The third kappa shape index (κ3) is 4.62. The van der Waals surface area contributed by atoms with Crippen molar-refractivity contribution in [1.82, 2.24) is 24.5 Å². The molecule has 0 saturated carbocycles. The lowest BCUT2D eigenvalue weighted by atomic mass is 10.2. The molecule has 0 radical (unpaired) electrons. The van der Waals surface area contributed by atoms with E-state index in [1.54, 1.807) is 12.1 Å². The number of anilines is 1. The molecule has 0 aliphatic carbocycles. The zero-order chi connectivity index (χ0) is 23.5. The Morgan fingerprint density at radius 1 is 1.18 bits per heavy atom. The minimum absolute atomic E-state index is 0.00762. The maximum atomic E-state index is 13.4. The first-order chi connectivity index (χ1) is 15.9. The molecule has 0 fully saturated rings. The minimum Gasteiger partial charge on any atom is -0.495 e. The van der Waals surface area contributed by atoms with E-state index in [9.17, 15) is 14.0 Å². The van der Waals surface area contributed by atoms with E-state index in [1.165, 1.54) is 49.5 Å². The van der Waals surface area contributed by atoms with Gasteiger partial charge in [-0.05, 0) is 23.8 Å². The molecule has 0 spiro atoms. The van der Waals surface area contributed by atoms with Gasteiger partial charge < -0.3 is 14.8 Å². The van der Waals surface area contributed by atoms with Crippen molar-refractivity contribution in [2.75, 3.05) is 19.5 Å². The lowest BCUT2D eigenvalue weighted by Crippen LogP contribution is -2.28. The summed E-state index contributed by atoms with van der Waals surface area (Å²) < 4.78 is 26.3. The predicted octanol–water partition coefficient (Wildman–Crippen LogP) is 2.48. The van der Waals surface area contributed by atoms with Gasteiger partial charge in [0.1, 0.15) is 30.2 Å². The topological polar surface area (TPSA) is 113 Å². The van der Waals surface area contributed by atoms with Gasteiger partial charge in [0.2, 0.25) is 5.91 Å². The first kappa shape index (κ1) is 22.2. The fraction of sp³-hybridized carbons (Fsp3) is 0.190. The zero-order valence-electron chi connectivity index (χ0n) is 17.6. The lowest BCUT2D eigenvalue weighted by Gasteiger charge is -2.13. The highest BCUT2D eigenvalue weighted by atomic mass is 35.5. The molecule has 0 aliphatic rings. The van der Waals surface area contributed by atoms with Crippen LogP contribution in [0.15, 0.2) is 47.5 Å². The van der Waals surface area contributed by atoms with E-state index < -0.39 is 11.5 Å². The summed E-state index contributed by atoms with van der Waals surface area (Å²) >= 11 is 6.13. The highest BCUT2D eigenvalue weighted by Gasteiger charge is 2.16. The Balaban J connectivity index is 1.55. The Kier molecular flexibility index (Phi) is 6.22. The molecular formula is C21H18ClFN6O4. The quantitative estimate of drug-likeness (QED) is 0.439. The van der Waals surface area contributed by atoms with Gasteiger partial charge in [0.15, 0.2) is 11.2 Å². The van der Waals surface area contributed by atoms with Crippen LogP contribution in [0.25, 0.3) is 11.2 Å². The average Bonchev–Trinajstić information content (AvgIpc) is 3.19. The van der Waals surface area contributed by atoms with Crippen LogP contribution < -0.4 is 20.3 Å². The van der Waals surface area contributed by atoms with E-state index in [2.05, 4.69) is 20.6 Å². The number of nitrogens with one attached hydrogen (secondary N) is 1. The Morgan fingerprint density at radius 3 is 2.70 bits per heavy atom. The van der Waals surface area contributed by atoms with Crippen molar-refractivity contribution >= 4 is 34.4 Å². The number of carbonyl (C=O) groups excluding carboxylic acids is 1. The third-order valence-electron chi connectivity index (χ3n) is 4.78. The standard InChI is InChI=1S/C21H18ClFN6O4/c1-32-16-8-17(33-2)15(7-14(16)22)25-18(30)10-28-11-24-20-19(21(28)31)26-27-29(20)9-12-4-3-5-13(23)6-12/h3-8,11H,9-10H2,1-2H3,(H,25,30). The summed E-state index contributed by atoms with van der Waals surface area (Å²) in [5.74, 6) is -0.164. The highest BCUT2D eigenvalue weighted by Crippen LogP contribution is 2.35. The van der Waals surface area contributed by atoms with Crippen molar-refractivity contribution < 1.29 is 18.7 Å². The number of rotatable bonds is 7. The maximum Gasteiger partial charge on any atom is 0.283 e. The van der Waals surface area contributed by atoms with Gasteiger partial charge in [-0.3, -0.25) is 14.2 Å². The monoisotopic (exact) mass is 472 g/mol. The van der Waals surface area contributed by atoms with E-state index >= 15 is 0 Å². The number of methoxy groups -OCH3 is 2. The summed E-state index contributed by atoms with van der Waals surface area (Å²) in [6.45, 7) is -0.144. The van der Waals surface area contributed by atoms with Gasteiger partial charge in [0.25, 0.3) is 5.56 Å². The molecule has 12 heteroatoms. The predicted molar refractivity (Wildman–Crippen MR) is 118 cm³/mol. The van der Waals surface area contributed by atoms with Gasteiger partial charge in [0.05, 0.1) is 31.5 Å². The molecule has 0 unspecified atom stereocenters. The second-order valence-electron chi connectivity index (χ2n) is 6.96. The number of hydrogen-bond acceptors (Lipinski definition) is 7. The molecule has 0 atom stereocenters. The van der Waals surface area contributed by atoms with Gasteiger partial charge in [-0.1, -0.05) is 28.9 Å². The van der Waals surface area contributed by atoms with Crippen LogP contribution in [-0.2, 0) is 17.9 Å². The van der Waals surface area contributed by atoms with Gasteiger partial charge in [-0.2, -0.15) is 0 Å². The smallest absolute Gasteiger partial charge is 0.283 e. The number of amides is 1. The van der Waals surface area contributed by atoms with Gasteiger partial charge >= 0.3 is 0 Å². The number of hydrogen-bond donors (Lipinski definition) is 1. The molecule has 0 saturated heterocycles. The minimum atomic E-state index is -0.541. The summed E-state index contributed by atoms with van der Waals surface area (Å²) in [5, 5.41) is 10.8. The average molecular weight is 473 g/mol. The second-order valence-corrected chi connectivity index (χ2v) is 7.37. The van der Waals surface area contributed by atoms with E-state index in [1.807, 2.05) is 0 Å². The number of fused-ring (bicyclic) bond motifs is 1. The van der Waals surface area contributed by atoms with Gasteiger partial charge in [-0.15, -0.1) is 5.10 Å². The van der Waals surface area contributed by atoms with Gasteiger partial charge in [-0.25, -0.2) is 14.1 Å². The molecule has 2 heterocycles. The number of halogens is 2. The normalized spacial score (nSPS) is 10.9. The van der Waals surface area contributed by atoms with Crippen molar-refractivity contribution in [3.05, 3.63) is 69.5 Å². The molecule has 4 rings (SSSR count). The van der Waals surface area contributed by atoms with Crippen LogP contribution in [0.5, 0.6) is 11.5 Å². The number of benzene rings is 2. The zero-order valence-corrected chi connectivity index (χ0v) is 18.3. The summed E-state index contributed by atoms with van der Waals surface area (Å²) in [4.78, 5) is 29.6. The molecule has 1 N–H and O–H groups in total. The van der Waals surface area contributed by atoms with Crippen molar-refractivity contribution in [3.63, 3.8) is 0 Å². The van der Waals surface area contributed by atoms with E-state index in [4.69, 9.17) is 21.1 Å². The summed E-state index contributed by atoms with van der Waals surface area (Å²) in [7, 11) is 2.90. The fourth-order valence-corrected chi connectivity index (χ4v) is 3.46. The second kappa shape index (κ2) is 9.25. The number of ether oxygens (including phenoxy) is 2. The summed E-state index contributed by atoms with van der Waals surface area (Å²) in [6.07, 6.45) is 1.23. The van der Waals surface area contributed by atoms with Crippen LogP contribution in [0, 0.1) is 5.82 Å². The van der Waals surface area contributed by atoms with Crippen LogP contribution in [0.1, 0.15) is 5.56 Å². The van der Waals surface area contributed by atoms with Crippen molar-refractivity contribution in [1.29, 1.82) is 0 Å². The highest BCUT2D eigenvalue weighted by molar-refractivity contribution is 6.32. The Bertz CT molecular complexity index is 1400. The third-order valence-corrected chi connectivity index (χ3v) is 5.07. The Labute approximate surface area is 191 Å². The van der Waals surface area contributed by atoms with Gasteiger partial charge in [0, 0.05) is 6.07 Å². The van der Waals surface area contributed by atoms with E-state index in [0.29, 0.717) is 22.7 Å². The van der Waals surface area contributed by atoms with Crippen molar-refractivity contribution in [3.8, 4) is 11.5 Å². The Hall–Kier alpha value is -3.99. The van der Waals surface area contributed by atoms with E-state index in [0.717, 1.165) is 4.57 Å². The van der Waals surface area contributed by atoms with Crippen LogP contribution in [-0.4, -0.2) is 44.7 Å².